The van der Waals surface area contributed by atoms with E-state index < -0.39 is 0 Å². The maximum Gasteiger partial charge on any atom is 0.233 e. The third-order valence-electron chi connectivity index (χ3n) is 3.75. The van der Waals surface area contributed by atoms with Gasteiger partial charge in [-0.25, -0.2) is 4.98 Å². The monoisotopic (exact) mass is 352 g/mol. The Bertz CT molecular complexity index is 830. The molecule has 0 aliphatic carbocycles. The molecule has 2 N–H and O–H groups in total. The summed E-state index contributed by atoms with van der Waals surface area (Å²) in [5.41, 5.74) is 3.25. The molecule has 0 aliphatic rings. The van der Waals surface area contributed by atoms with Crippen LogP contribution in [0.2, 0.25) is 0 Å². The number of benzene rings is 2. The van der Waals surface area contributed by atoms with Crippen LogP contribution in [0.1, 0.15) is 18.1 Å². The molecule has 1 heterocycles. The molecular formula is C19H20N4OS. The van der Waals surface area contributed by atoms with E-state index in [1.165, 1.54) is 17.3 Å². The fourth-order valence-electron chi connectivity index (χ4n) is 2.28. The number of nitrogens with zero attached hydrogens (tertiary/aromatic N) is 2. The van der Waals surface area contributed by atoms with Gasteiger partial charge in [0.1, 0.15) is 0 Å². The maximum absolute atomic E-state index is 12.2. The third-order valence-corrected chi connectivity index (χ3v) is 4.71. The van der Waals surface area contributed by atoms with Gasteiger partial charge in [0.25, 0.3) is 0 Å². The van der Waals surface area contributed by atoms with Crippen LogP contribution in [0, 0.1) is 6.92 Å². The highest BCUT2D eigenvalue weighted by molar-refractivity contribution is 8.00. The topological polar surface area (TPSA) is 70.7 Å². The number of hydrogen-bond acceptors (Lipinski definition) is 4. The molecule has 1 aromatic heterocycles. The molecule has 0 spiro atoms. The molecule has 6 heteroatoms. The zero-order chi connectivity index (χ0) is 17.6. The Morgan fingerprint density at radius 1 is 1.16 bits per heavy atom. The molecule has 0 saturated heterocycles. The molecule has 0 saturated carbocycles. The summed E-state index contributed by atoms with van der Waals surface area (Å²) < 4.78 is 0. The summed E-state index contributed by atoms with van der Waals surface area (Å²) in [6.45, 7) is 4.42. The van der Waals surface area contributed by atoms with Crippen molar-refractivity contribution >= 4 is 17.7 Å². The van der Waals surface area contributed by atoms with Gasteiger partial charge < -0.3 is 5.32 Å². The first-order valence-corrected chi connectivity index (χ1v) is 8.97. The Morgan fingerprint density at radius 3 is 2.60 bits per heavy atom. The van der Waals surface area contributed by atoms with Crippen LogP contribution in [0.15, 0.2) is 59.8 Å². The molecular weight excluding hydrogens is 332 g/mol. The summed E-state index contributed by atoms with van der Waals surface area (Å²) in [5.74, 6) is 0.676. The highest BCUT2D eigenvalue weighted by atomic mass is 32.2. The highest BCUT2D eigenvalue weighted by Gasteiger charge is 2.17. The standard InChI is InChI=1S/C19H20N4OS/c1-13-8-10-16(11-9-13)17-21-19(23-22-17)25-14(2)18(24)20-12-15-6-4-3-5-7-15/h3-11,14H,12H2,1-2H3,(H,20,24)(H,21,22,23)/t14-/m1/s1. The summed E-state index contributed by atoms with van der Waals surface area (Å²) >= 11 is 1.34. The molecule has 5 nitrogen and oxygen atoms in total. The predicted molar refractivity (Wildman–Crippen MR) is 100 cm³/mol. The summed E-state index contributed by atoms with van der Waals surface area (Å²) in [6, 6.07) is 17.9. The minimum Gasteiger partial charge on any atom is -0.351 e. The van der Waals surface area contributed by atoms with Crippen LogP contribution in [0.25, 0.3) is 11.4 Å². The molecule has 3 aromatic rings. The van der Waals surface area contributed by atoms with Gasteiger partial charge in [-0.05, 0) is 19.4 Å². The van der Waals surface area contributed by atoms with Crippen molar-refractivity contribution in [3.63, 3.8) is 0 Å². The van der Waals surface area contributed by atoms with Crippen molar-refractivity contribution in [3.05, 3.63) is 65.7 Å². The quantitative estimate of drug-likeness (QED) is 0.665. The molecule has 2 aromatic carbocycles. The van der Waals surface area contributed by atoms with Crippen LogP contribution in [0.4, 0.5) is 0 Å². The Hall–Kier alpha value is -2.60. The number of nitrogens with one attached hydrogen (secondary N) is 2. The third kappa shape index (κ3) is 4.70. The van der Waals surface area contributed by atoms with Gasteiger partial charge in [0, 0.05) is 12.1 Å². The largest absolute Gasteiger partial charge is 0.351 e. The Labute approximate surface area is 151 Å². The van der Waals surface area contributed by atoms with E-state index in [1.54, 1.807) is 0 Å². The van der Waals surface area contributed by atoms with E-state index in [9.17, 15) is 4.79 Å². The number of hydrogen-bond donors (Lipinski definition) is 2. The summed E-state index contributed by atoms with van der Waals surface area (Å²) in [7, 11) is 0. The van der Waals surface area contributed by atoms with Crippen LogP contribution < -0.4 is 5.32 Å². The number of aromatic amines is 1. The number of carbonyl (C=O) groups is 1. The van der Waals surface area contributed by atoms with Crippen LogP contribution in [0.5, 0.6) is 0 Å². The van der Waals surface area contributed by atoms with Crippen molar-refractivity contribution in [1.29, 1.82) is 0 Å². The first-order valence-electron chi connectivity index (χ1n) is 8.09. The number of carbonyl (C=O) groups excluding carboxylic acids is 1. The van der Waals surface area contributed by atoms with E-state index in [2.05, 4.69) is 20.5 Å². The minimum atomic E-state index is -0.273. The molecule has 1 atom stereocenters. The van der Waals surface area contributed by atoms with Crippen molar-refractivity contribution in [2.45, 2.75) is 30.8 Å². The van der Waals surface area contributed by atoms with Crippen molar-refractivity contribution in [2.75, 3.05) is 0 Å². The Balaban J connectivity index is 1.56. The van der Waals surface area contributed by atoms with Gasteiger partial charge in [0.15, 0.2) is 5.82 Å². The number of thioether (sulfide) groups is 1. The molecule has 3 rings (SSSR count). The van der Waals surface area contributed by atoms with Gasteiger partial charge in [-0.2, -0.15) is 0 Å². The Morgan fingerprint density at radius 2 is 1.88 bits per heavy atom. The van der Waals surface area contributed by atoms with Crippen molar-refractivity contribution in [2.24, 2.45) is 0 Å². The second-order valence-electron chi connectivity index (χ2n) is 5.80. The average molecular weight is 352 g/mol. The molecule has 0 aliphatic heterocycles. The van der Waals surface area contributed by atoms with Crippen LogP contribution in [-0.4, -0.2) is 26.3 Å². The molecule has 128 valence electrons. The van der Waals surface area contributed by atoms with Gasteiger partial charge in [-0.3, -0.25) is 9.89 Å². The number of aromatic nitrogens is 3. The number of aryl methyl sites for hydroxylation is 1. The van der Waals surface area contributed by atoms with E-state index in [0.717, 1.165) is 11.1 Å². The summed E-state index contributed by atoms with van der Waals surface area (Å²) in [4.78, 5) is 16.7. The lowest BCUT2D eigenvalue weighted by Gasteiger charge is -2.10. The second kappa shape index (κ2) is 7.98. The van der Waals surface area contributed by atoms with E-state index >= 15 is 0 Å². The van der Waals surface area contributed by atoms with Gasteiger partial charge in [0.05, 0.1) is 5.25 Å². The molecule has 0 radical (unpaired) electrons. The van der Waals surface area contributed by atoms with E-state index in [-0.39, 0.29) is 11.2 Å². The van der Waals surface area contributed by atoms with Crippen LogP contribution in [0.3, 0.4) is 0 Å². The van der Waals surface area contributed by atoms with Gasteiger partial charge in [-0.1, -0.05) is 71.9 Å². The maximum atomic E-state index is 12.2. The summed E-state index contributed by atoms with van der Waals surface area (Å²) in [5, 5.41) is 10.4. The smallest absolute Gasteiger partial charge is 0.233 e. The Kier molecular flexibility index (Phi) is 5.50. The second-order valence-corrected chi connectivity index (χ2v) is 7.10. The fourth-order valence-corrected chi connectivity index (χ4v) is 3.03. The minimum absolute atomic E-state index is 0.0319. The molecule has 0 bridgehead atoms. The zero-order valence-electron chi connectivity index (χ0n) is 14.2. The first-order chi connectivity index (χ1) is 12.1. The van der Waals surface area contributed by atoms with Crippen LogP contribution >= 0.6 is 11.8 Å². The van der Waals surface area contributed by atoms with E-state index in [1.807, 2.05) is 68.4 Å². The zero-order valence-corrected chi connectivity index (χ0v) is 15.0. The van der Waals surface area contributed by atoms with Gasteiger partial charge >= 0.3 is 0 Å². The predicted octanol–water partition coefficient (Wildman–Crippen LogP) is 3.58. The lowest BCUT2D eigenvalue weighted by Crippen LogP contribution is -2.30. The van der Waals surface area contributed by atoms with E-state index in [0.29, 0.717) is 17.5 Å². The van der Waals surface area contributed by atoms with Gasteiger partial charge in [-0.15, -0.1) is 5.10 Å². The highest BCUT2D eigenvalue weighted by Crippen LogP contribution is 2.23. The van der Waals surface area contributed by atoms with E-state index in [4.69, 9.17) is 0 Å². The summed E-state index contributed by atoms with van der Waals surface area (Å²) in [6.07, 6.45) is 0. The number of amides is 1. The lowest BCUT2D eigenvalue weighted by molar-refractivity contribution is -0.120. The molecule has 0 unspecified atom stereocenters. The first kappa shape index (κ1) is 17.2. The van der Waals surface area contributed by atoms with Crippen molar-refractivity contribution in [1.82, 2.24) is 20.5 Å². The normalized spacial score (nSPS) is 11.9. The average Bonchev–Trinajstić information content (AvgIpc) is 3.09. The number of rotatable bonds is 6. The lowest BCUT2D eigenvalue weighted by atomic mass is 10.1. The van der Waals surface area contributed by atoms with Crippen molar-refractivity contribution in [3.8, 4) is 11.4 Å². The molecule has 1 amide bonds. The molecule has 0 fully saturated rings. The van der Waals surface area contributed by atoms with Gasteiger partial charge in [0.2, 0.25) is 11.1 Å². The van der Waals surface area contributed by atoms with Crippen LogP contribution in [-0.2, 0) is 11.3 Å². The number of H-pyrrole nitrogens is 1. The fraction of sp³-hybridized carbons (Fsp3) is 0.211. The van der Waals surface area contributed by atoms with Crippen molar-refractivity contribution < 1.29 is 4.79 Å². The SMILES string of the molecule is Cc1ccc(-c2nc(S[C@H](C)C(=O)NCc3ccccc3)n[nH]2)cc1. The molecule has 25 heavy (non-hydrogen) atoms.